The molecule has 2 rings (SSSR count). The average molecular weight is 282 g/mol. The van der Waals surface area contributed by atoms with Gasteiger partial charge < -0.3 is 15.5 Å². The summed E-state index contributed by atoms with van der Waals surface area (Å²) in [6.07, 6.45) is 0. The van der Waals surface area contributed by atoms with Gasteiger partial charge in [-0.15, -0.1) is 0 Å². The largest absolute Gasteiger partial charge is 0.506 e. The predicted octanol–water partition coefficient (Wildman–Crippen LogP) is 1.01. The Bertz CT molecular complexity index is 635. The molecule has 0 spiro atoms. The Morgan fingerprint density at radius 3 is 2.58 bits per heavy atom. The standard InChI is InChI=1S/C12H8ClNO5/c13-6-3-1-2-5-8(6)11(18)9(10(5)17)12(19)14-4-7(15)16/h1-3,17H,4H2,(H,14,19)(H,15,16). The number of halogens is 1. The number of nitrogens with one attached hydrogen (secondary N) is 1. The first-order valence-electron chi connectivity index (χ1n) is 5.20. The van der Waals surface area contributed by atoms with E-state index in [0.29, 0.717) is 0 Å². The number of carboxylic acid groups (broad SMARTS) is 1. The maximum atomic E-state index is 12.0. The van der Waals surface area contributed by atoms with E-state index in [-0.39, 0.29) is 16.1 Å². The van der Waals surface area contributed by atoms with Crippen LogP contribution in [0.15, 0.2) is 23.8 Å². The molecule has 3 N–H and O–H groups in total. The zero-order valence-corrected chi connectivity index (χ0v) is 10.2. The number of amides is 1. The Kier molecular flexibility index (Phi) is 3.26. The van der Waals surface area contributed by atoms with E-state index in [1.54, 1.807) is 0 Å². The van der Waals surface area contributed by atoms with E-state index < -0.39 is 35.5 Å². The lowest BCUT2D eigenvalue weighted by Gasteiger charge is -2.02. The Labute approximate surface area is 112 Å². The van der Waals surface area contributed by atoms with Gasteiger partial charge in [0.05, 0.1) is 10.6 Å². The molecule has 0 saturated carbocycles. The van der Waals surface area contributed by atoms with E-state index >= 15 is 0 Å². The van der Waals surface area contributed by atoms with Crippen LogP contribution in [0.5, 0.6) is 0 Å². The minimum absolute atomic E-state index is 0.0436. The van der Waals surface area contributed by atoms with E-state index in [2.05, 4.69) is 0 Å². The summed E-state index contributed by atoms with van der Waals surface area (Å²) >= 11 is 5.84. The molecule has 0 heterocycles. The molecule has 0 radical (unpaired) electrons. The Balaban J connectivity index is 2.37. The summed E-state index contributed by atoms with van der Waals surface area (Å²) in [6.45, 7) is -0.646. The number of hydrogen-bond acceptors (Lipinski definition) is 4. The van der Waals surface area contributed by atoms with Crippen LogP contribution in [0.4, 0.5) is 0 Å². The third-order valence-corrected chi connectivity index (χ3v) is 2.90. The molecule has 0 saturated heterocycles. The van der Waals surface area contributed by atoms with E-state index in [0.717, 1.165) is 0 Å². The molecule has 0 aliphatic heterocycles. The van der Waals surface area contributed by atoms with Gasteiger partial charge >= 0.3 is 5.97 Å². The number of carbonyl (C=O) groups excluding carboxylic acids is 2. The molecule has 0 unspecified atom stereocenters. The molecule has 1 aliphatic rings. The van der Waals surface area contributed by atoms with Crippen molar-refractivity contribution >= 4 is 35.0 Å². The minimum Gasteiger partial charge on any atom is -0.506 e. The number of rotatable bonds is 3. The second kappa shape index (κ2) is 4.74. The van der Waals surface area contributed by atoms with Gasteiger partial charge in [-0.3, -0.25) is 14.4 Å². The lowest BCUT2D eigenvalue weighted by molar-refractivity contribution is -0.137. The summed E-state index contributed by atoms with van der Waals surface area (Å²) in [6, 6.07) is 4.44. The van der Waals surface area contributed by atoms with Crippen LogP contribution in [0.3, 0.4) is 0 Å². The summed E-state index contributed by atoms with van der Waals surface area (Å²) in [5, 5.41) is 20.5. The molecule has 1 aliphatic carbocycles. The van der Waals surface area contributed by atoms with E-state index in [4.69, 9.17) is 16.7 Å². The monoisotopic (exact) mass is 281 g/mol. The number of ketones is 1. The summed E-state index contributed by atoms with van der Waals surface area (Å²) in [5.41, 5.74) is -0.288. The third kappa shape index (κ3) is 2.17. The van der Waals surface area contributed by atoms with Gasteiger partial charge in [0.15, 0.2) is 0 Å². The first-order valence-corrected chi connectivity index (χ1v) is 5.58. The fourth-order valence-electron chi connectivity index (χ4n) is 1.77. The van der Waals surface area contributed by atoms with Crippen LogP contribution in [-0.2, 0) is 9.59 Å². The normalized spacial score (nSPS) is 13.4. The molecule has 1 aromatic rings. The van der Waals surface area contributed by atoms with Crippen molar-refractivity contribution in [2.45, 2.75) is 0 Å². The van der Waals surface area contributed by atoms with Gasteiger partial charge in [-0.05, 0) is 6.07 Å². The van der Waals surface area contributed by atoms with Crippen molar-refractivity contribution < 1.29 is 24.6 Å². The summed E-state index contributed by atoms with van der Waals surface area (Å²) < 4.78 is 0. The number of benzene rings is 1. The third-order valence-electron chi connectivity index (χ3n) is 2.59. The number of aliphatic hydroxyl groups excluding tert-OH is 1. The smallest absolute Gasteiger partial charge is 0.322 e. The number of carboxylic acids is 1. The maximum Gasteiger partial charge on any atom is 0.322 e. The van der Waals surface area contributed by atoms with Crippen molar-refractivity contribution in [1.29, 1.82) is 0 Å². The molecule has 0 fully saturated rings. The van der Waals surface area contributed by atoms with Gasteiger partial charge in [0.2, 0.25) is 5.78 Å². The second-order valence-corrected chi connectivity index (χ2v) is 4.20. The van der Waals surface area contributed by atoms with Crippen LogP contribution in [0.1, 0.15) is 15.9 Å². The Morgan fingerprint density at radius 1 is 1.32 bits per heavy atom. The lowest BCUT2D eigenvalue weighted by Crippen LogP contribution is -2.32. The number of aliphatic hydroxyl groups is 1. The number of Topliss-reactive ketones (excluding diaryl/α,β-unsaturated/α-hetero) is 1. The van der Waals surface area contributed by atoms with Gasteiger partial charge in [-0.2, -0.15) is 0 Å². The van der Waals surface area contributed by atoms with E-state index in [1.807, 2.05) is 5.32 Å². The first-order chi connectivity index (χ1) is 8.93. The topological polar surface area (TPSA) is 104 Å². The van der Waals surface area contributed by atoms with Crippen molar-refractivity contribution in [1.82, 2.24) is 5.32 Å². The molecular formula is C12H8ClNO5. The minimum atomic E-state index is -1.26. The van der Waals surface area contributed by atoms with Crippen molar-refractivity contribution in [3.8, 4) is 0 Å². The highest BCUT2D eigenvalue weighted by atomic mass is 35.5. The highest BCUT2D eigenvalue weighted by molar-refractivity contribution is 6.41. The highest BCUT2D eigenvalue weighted by Gasteiger charge is 2.35. The molecule has 0 bridgehead atoms. The van der Waals surface area contributed by atoms with Gasteiger partial charge in [0.25, 0.3) is 5.91 Å². The molecule has 7 heteroatoms. The van der Waals surface area contributed by atoms with Gasteiger partial charge in [0, 0.05) is 5.56 Å². The van der Waals surface area contributed by atoms with Crippen LogP contribution in [0.2, 0.25) is 5.02 Å². The number of aliphatic carboxylic acids is 1. The zero-order chi connectivity index (χ0) is 14.2. The van der Waals surface area contributed by atoms with E-state index in [9.17, 15) is 19.5 Å². The maximum absolute atomic E-state index is 12.0. The van der Waals surface area contributed by atoms with Gasteiger partial charge in [-0.25, -0.2) is 0 Å². The Hall–Kier alpha value is -2.34. The quantitative estimate of drug-likeness (QED) is 0.717. The van der Waals surface area contributed by atoms with Crippen molar-refractivity contribution in [2.24, 2.45) is 0 Å². The second-order valence-electron chi connectivity index (χ2n) is 3.79. The molecule has 1 aromatic carbocycles. The molecule has 0 atom stereocenters. The van der Waals surface area contributed by atoms with Crippen LogP contribution in [-0.4, -0.2) is 34.4 Å². The molecular weight excluding hydrogens is 274 g/mol. The fraction of sp³-hybridized carbons (Fsp3) is 0.0833. The van der Waals surface area contributed by atoms with Crippen LogP contribution >= 0.6 is 11.6 Å². The predicted molar refractivity (Wildman–Crippen MR) is 66.0 cm³/mol. The lowest BCUT2D eigenvalue weighted by atomic mass is 10.1. The zero-order valence-electron chi connectivity index (χ0n) is 9.44. The number of carbonyl (C=O) groups is 3. The molecule has 1 amide bonds. The van der Waals surface area contributed by atoms with Crippen molar-refractivity contribution in [2.75, 3.05) is 6.54 Å². The summed E-state index contributed by atoms with van der Waals surface area (Å²) in [7, 11) is 0. The summed E-state index contributed by atoms with van der Waals surface area (Å²) in [5.74, 6) is -3.42. The SMILES string of the molecule is O=C(O)CNC(=O)C1=C(O)c2cccc(Cl)c2C1=O. The van der Waals surface area contributed by atoms with Crippen LogP contribution < -0.4 is 5.32 Å². The Morgan fingerprint density at radius 2 is 2.00 bits per heavy atom. The highest BCUT2D eigenvalue weighted by Crippen LogP contribution is 2.35. The number of hydrogen-bond donors (Lipinski definition) is 3. The van der Waals surface area contributed by atoms with Crippen LogP contribution in [0.25, 0.3) is 5.76 Å². The molecule has 19 heavy (non-hydrogen) atoms. The van der Waals surface area contributed by atoms with Crippen LogP contribution in [0, 0.1) is 0 Å². The molecule has 6 nitrogen and oxygen atoms in total. The molecule has 0 aromatic heterocycles. The first kappa shape index (κ1) is 13.1. The number of fused-ring (bicyclic) bond motifs is 1. The summed E-state index contributed by atoms with van der Waals surface area (Å²) in [4.78, 5) is 34.1. The van der Waals surface area contributed by atoms with E-state index in [1.165, 1.54) is 18.2 Å². The fourth-order valence-corrected chi connectivity index (χ4v) is 2.03. The van der Waals surface area contributed by atoms with Crippen molar-refractivity contribution in [3.05, 3.63) is 39.9 Å². The van der Waals surface area contributed by atoms with Gasteiger partial charge in [0.1, 0.15) is 17.9 Å². The van der Waals surface area contributed by atoms with Crippen molar-refractivity contribution in [3.63, 3.8) is 0 Å². The average Bonchev–Trinajstić information content (AvgIpc) is 2.60. The van der Waals surface area contributed by atoms with Gasteiger partial charge in [-0.1, -0.05) is 23.7 Å². The molecule has 98 valence electrons.